The molecule has 0 unspecified atom stereocenters. The second-order valence-corrected chi connectivity index (χ2v) is 5.19. The highest BCUT2D eigenvalue weighted by Gasteiger charge is 2.23. The lowest BCUT2D eigenvalue weighted by molar-refractivity contribution is -0.137. The number of hydrogen-bond donors (Lipinski definition) is 2. The number of carbonyl (C=O) groups excluding carboxylic acids is 1. The molecule has 1 amide bonds. The summed E-state index contributed by atoms with van der Waals surface area (Å²) >= 11 is 0. The van der Waals surface area contributed by atoms with Crippen molar-refractivity contribution >= 4 is 29.2 Å². The maximum absolute atomic E-state index is 12.0. The Kier molecular flexibility index (Phi) is 3.74. The minimum Gasteiger partial charge on any atom is -0.481 e. The van der Waals surface area contributed by atoms with Crippen LogP contribution in [0.2, 0.25) is 0 Å². The average molecular weight is 293 g/mol. The summed E-state index contributed by atoms with van der Waals surface area (Å²) in [6, 6.07) is 15.2. The first-order valence-corrected chi connectivity index (χ1v) is 7.07. The molecule has 2 N–H and O–H groups in total. The summed E-state index contributed by atoms with van der Waals surface area (Å²) in [5.41, 5.74) is 4.27. The van der Waals surface area contributed by atoms with E-state index in [1.54, 1.807) is 0 Å². The number of benzene rings is 2. The van der Waals surface area contributed by atoms with Crippen molar-refractivity contribution < 1.29 is 14.7 Å². The molecule has 22 heavy (non-hydrogen) atoms. The zero-order valence-corrected chi connectivity index (χ0v) is 11.9. The van der Waals surface area contributed by atoms with Crippen molar-refractivity contribution in [3.8, 4) is 0 Å². The van der Waals surface area contributed by atoms with Crippen molar-refractivity contribution in [1.82, 2.24) is 0 Å². The summed E-state index contributed by atoms with van der Waals surface area (Å²) in [6.45, 7) is 0. The topological polar surface area (TPSA) is 66.4 Å². The van der Waals surface area contributed by atoms with Gasteiger partial charge in [0, 0.05) is 23.2 Å². The van der Waals surface area contributed by atoms with Crippen molar-refractivity contribution in [2.24, 2.45) is 0 Å². The smallest absolute Gasteiger partial charge is 0.303 e. The van der Waals surface area contributed by atoms with Crippen LogP contribution in [0.3, 0.4) is 0 Å². The van der Waals surface area contributed by atoms with Crippen LogP contribution in [0.5, 0.6) is 0 Å². The molecule has 2 aromatic rings. The number of amides is 1. The fraction of sp³-hybridized carbons (Fsp3) is 0.111. The molecule has 0 aliphatic carbocycles. The van der Waals surface area contributed by atoms with Crippen molar-refractivity contribution in [1.29, 1.82) is 0 Å². The molecule has 3 rings (SSSR count). The van der Waals surface area contributed by atoms with E-state index in [2.05, 4.69) is 5.32 Å². The van der Waals surface area contributed by atoms with Crippen LogP contribution >= 0.6 is 0 Å². The standard InChI is InChI=1S/C18H15NO3/c20-17(21)10-9-12-5-7-13(8-6-12)11-15-14-3-1-2-4-16(14)19-18(15)22/h1-8,11H,9-10H2,(H,19,22)(H,20,21)/b15-11+. The Morgan fingerprint density at radius 1 is 1.09 bits per heavy atom. The minimum absolute atomic E-state index is 0.101. The first-order valence-electron chi connectivity index (χ1n) is 7.07. The van der Waals surface area contributed by atoms with Crippen LogP contribution in [0, 0.1) is 0 Å². The number of aryl methyl sites for hydroxylation is 1. The molecule has 0 fully saturated rings. The van der Waals surface area contributed by atoms with E-state index in [4.69, 9.17) is 5.11 Å². The van der Waals surface area contributed by atoms with Gasteiger partial charge in [0.05, 0.1) is 0 Å². The predicted molar refractivity (Wildman–Crippen MR) is 85.3 cm³/mol. The summed E-state index contributed by atoms with van der Waals surface area (Å²) in [7, 11) is 0. The van der Waals surface area contributed by atoms with Crippen molar-refractivity contribution in [3.63, 3.8) is 0 Å². The molecule has 1 heterocycles. The molecule has 0 saturated carbocycles. The summed E-state index contributed by atoms with van der Waals surface area (Å²) in [4.78, 5) is 22.6. The Balaban J connectivity index is 1.83. The van der Waals surface area contributed by atoms with Gasteiger partial charge in [-0.25, -0.2) is 0 Å². The van der Waals surface area contributed by atoms with Gasteiger partial charge in [0.2, 0.25) is 0 Å². The van der Waals surface area contributed by atoms with E-state index >= 15 is 0 Å². The summed E-state index contributed by atoms with van der Waals surface area (Å²) in [6.07, 6.45) is 2.48. The summed E-state index contributed by atoms with van der Waals surface area (Å²) in [5.74, 6) is -0.901. The van der Waals surface area contributed by atoms with Crippen LogP contribution in [0.4, 0.5) is 5.69 Å². The number of aliphatic carboxylic acids is 1. The van der Waals surface area contributed by atoms with E-state index in [1.165, 1.54) is 0 Å². The number of fused-ring (bicyclic) bond motifs is 1. The van der Waals surface area contributed by atoms with E-state index in [1.807, 2.05) is 54.6 Å². The van der Waals surface area contributed by atoms with Gasteiger partial charge in [-0.1, -0.05) is 42.5 Å². The number of hydrogen-bond acceptors (Lipinski definition) is 2. The number of para-hydroxylation sites is 1. The molecule has 2 aromatic carbocycles. The van der Waals surface area contributed by atoms with Crippen LogP contribution in [0.1, 0.15) is 23.1 Å². The number of carbonyl (C=O) groups is 2. The molecule has 0 atom stereocenters. The monoisotopic (exact) mass is 293 g/mol. The summed E-state index contributed by atoms with van der Waals surface area (Å²) in [5, 5.41) is 11.5. The zero-order valence-electron chi connectivity index (χ0n) is 11.9. The van der Waals surface area contributed by atoms with Gasteiger partial charge in [-0.05, 0) is 29.7 Å². The molecule has 0 spiro atoms. The molecule has 4 heteroatoms. The molecule has 4 nitrogen and oxygen atoms in total. The second-order valence-electron chi connectivity index (χ2n) is 5.19. The molecule has 0 aromatic heterocycles. The van der Waals surface area contributed by atoms with Crippen molar-refractivity contribution in [2.45, 2.75) is 12.8 Å². The largest absolute Gasteiger partial charge is 0.481 e. The first-order chi connectivity index (χ1) is 10.6. The third kappa shape index (κ3) is 2.91. The van der Waals surface area contributed by atoms with E-state index in [9.17, 15) is 9.59 Å². The Morgan fingerprint density at radius 2 is 1.82 bits per heavy atom. The second kappa shape index (κ2) is 5.85. The fourth-order valence-corrected chi connectivity index (χ4v) is 2.48. The highest BCUT2D eigenvalue weighted by molar-refractivity contribution is 6.34. The Morgan fingerprint density at radius 3 is 2.55 bits per heavy atom. The van der Waals surface area contributed by atoms with Crippen LogP contribution in [-0.4, -0.2) is 17.0 Å². The maximum atomic E-state index is 12.0. The van der Waals surface area contributed by atoms with Gasteiger partial charge < -0.3 is 10.4 Å². The zero-order chi connectivity index (χ0) is 15.5. The van der Waals surface area contributed by atoms with Crippen LogP contribution < -0.4 is 5.32 Å². The molecular formula is C18H15NO3. The van der Waals surface area contributed by atoms with E-state index < -0.39 is 5.97 Å². The third-order valence-corrected chi connectivity index (χ3v) is 3.63. The van der Waals surface area contributed by atoms with Crippen LogP contribution in [0.15, 0.2) is 48.5 Å². The highest BCUT2D eigenvalue weighted by atomic mass is 16.4. The van der Waals surface area contributed by atoms with Crippen LogP contribution in [0.25, 0.3) is 11.6 Å². The molecular weight excluding hydrogens is 278 g/mol. The molecule has 110 valence electrons. The number of carboxylic acids is 1. The maximum Gasteiger partial charge on any atom is 0.303 e. The lowest BCUT2D eigenvalue weighted by Crippen LogP contribution is -2.03. The van der Waals surface area contributed by atoms with E-state index in [-0.39, 0.29) is 12.3 Å². The number of nitrogens with one attached hydrogen (secondary N) is 1. The summed E-state index contributed by atoms with van der Waals surface area (Å²) < 4.78 is 0. The number of carboxylic acid groups (broad SMARTS) is 1. The molecule has 1 aliphatic heterocycles. The van der Waals surface area contributed by atoms with Gasteiger partial charge in [-0.2, -0.15) is 0 Å². The Hall–Kier alpha value is -2.88. The number of rotatable bonds is 4. The van der Waals surface area contributed by atoms with Gasteiger partial charge >= 0.3 is 5.97 Å². The molecule has 1 aliphatic rings. The lowest BCUT2D eigenvalue weighted by atomic mass is 10.0. The van der Waals surface area contributed by atoms with Gasteiger partial charge in [-0.15, -0.1) is 0 Å². The normalized spacial score (nSPS) is 14.7. The van der Waals surface area contributed by atoms with Gasteiger partial charge in [-0.3, -0.25) is 9.59 Å². The quantitative estimate of drug-likeness (QED) is 0.851. The van der Waals surface area contributed by atoms with Crippen molar-refractivity contribution in [2.75, 3.05) is 5.32 Å². The van der Waals surface area contributed by atoms with E-state index in [0.29, 0.717) is 12.0 Å². The highest BCUT2D eigenvalue weighted by Crippen LogP contribution is 2.32. The SMILES string of the molecule is O=C(O)CCc1ccc(/C=C2/C(=O)Nc3ccccc32)cc1. The van der Waals surface area contributed by atoms with Gasteiger partial charge in [0.25, 0.3) is 5.91 Å². The van der Waals surface area contributed by atoms with Gasteiger partial charge in [0.15, 0.2) is 0 Å². The van der Waals surface area contributed by atoms with E-state index in [0.717, 1.165) is 22.4 Å². The minimum atomic E-state index is -0.801. The Bertz CT molecular complexity index is 760. The van der Waals surface area contributed by atoms with Gasteiger partial charge in [0.1, 0.15) is 0 Å². The van der Waals surface area contributed by atoms with Crippen molar-refractivity contribution in [3.05, 3.63) is 65.2 Å². The molecule has 0 radical (unpaired) electrons. The Labute approximate surface area is 128 Å². The molecule has 0 saturated heterocycles. The molecule has 0 bridgehead atoms. The fourth-order valence-electron chi connectivity index (χ4n) is 2.48. The average Bonchev–Trinajstić information content (AvgIpc) is 2.83. The van der Waals surface area contributed by atoms with Crippen LogP contribution in [-0.2, 0) is 16.0 Å². The lowest BCUT2D eigenvalue weighted by Gasteiger charge is -2.01. The number of anilines is 1. The first kappa shape index (κ1) is 14.1. The third-order valence-electron chi connectivity index (χ3n) is 3.63. The predicted octanol–water partition coefficient (Wildman–Crippen LogP) is 3.20.